The molecule has 7 heteroatoms. The molecule has 2 aromatic carbocycles. The van der Waals surface area contributed by atoms with Gasteiger partial charge in [0.05, 0.1) is 29.4 Å². The Bertz CT molecular complexity index is 878. The second-order valence-corrected chi connectivity index (χ2v) is 9.09. The van der Waals surface area contributed by atoms with Gasteiger partial charge in [-0.2, -0.15) is 0 Å². The SMILES string of the molecule is COC(=O)c1ccccc1S(=O)(=O)CCCCCCC(O)c1ccc(Cl)cc1. The lowest BCUT2D eigenvalue weighted by atomic mass is 10.0. The number of aliphatic hydroxyl groups is 1. The highest BCUT2D eigenvalue weighted by Crippen LogP contribution is 2.23. The van der Waals surface area contributed by atoms with Gasteiger partial charge < -0.3 is 9.84 Å². The zero-order valence-corrected chi connectivity index (χ0v) is 17.4. The van der Waals surface area contributed by atoms with Gasteiger partial charge in [-0.05, 0) is 42.7 Å². The van der Waals surface area contributed by atoms with Crippen LogP contribution in [0.2, 0.25) is 5.02 Å². The molecule has 1 N–H and O–H groups in total. The normalized spacial score (nSPS) is 12.5. The van der Waals surface area contributed by atoms with E-state index in [1.807, 2.05) is 0 Å². The number of methoxy groups -OCH3 is 1. The number of hydrogen-bond acceptors (Lipinski definition) is 5. The van der Waals surface area contributed by atoms with Crippen molar-refractivity contribution in [3.05, 3.63) is 64.7 Å². The Morgan fingerprint density at radius 3 is 2.36 bits per heavy atom. The van der Waals surface area contributed by atoms with Crippen LogP contribution in [-0.2, 0) is 14.6 Å². The molecule has 28 heavy (non-hydrogen) atoms. The molecule has 2 rings (SSSR count). The zero-order chi connectivity index (χ0) is 20.6. The van der Waals surface area contributed by atoms with Crippen LogP contribution in [0.5, 0.6) is 0 Å². The maximum Gasteiger partial charge on any atom is 0.339 e. The fourth-order valence-corrected chi connectivity index (χ4v) is 4.66. The third-order valence-corrected chi connectivity index (χ3v) is 6.63. The van der Waals surface area contributed by atoms with E-state index in [1.54, 1.807) is 36.4 Å². The van der Waals surface area contributed by atoms with Crippen LogP contribution in [0.4, 0.5) is 0 Å². The number of esters is 1. The highest BCUT2D eigenvalue weighted by atomic mass is 35.5. The predicted molar refractivity (Wildman–Crippen MR) is 109 cm³/mol. The Hall–Kier alpha value is -1.89. The first-order valence-corrected chi connectivity index (χ1v) is 11.2. The molecular formula is C21H25ClO5S. The van der Waals surface area contributed by atoms with Crippen molar-refractivity contribution in [3.63, 3.8) is 0 Å². The lowest BCUT2D eigenvalue weighted by Crippen LogP contribution is -2.13. The predicted octanol–water partition coefficient (Wildman–Crippen LogP) is 4.58. The maximum absolute atomic E-state index is 12.6. The van der Waals surface area contributed by atoms with E-state index in [-0.39, 0.29) is 16.2 Å². The van der Waals surface area contributed by atoms with E-state index in [1.165, 1.54) is 19.2 Å². The molecule has 0 heterocycles. The van der Waals surface area contributed by atoms with E-state index in [4.69, 9.17) is 11.6 Å². The summed E-state index contributed by atoms with van der Waals surface area (Å²) in [4.78, 5) is 11.8. The summed E-state index contributed by atoms with van der Waals surface area (Å²) in [6, 6.07) is 13.2. The molecular weight excluding hydrogens is 400 g/mol. The van der Waals surface area contributed by atoms with E-state index in [2.05, 4.69) is 4.74 Å². The molecule has 0 saturated heterocycles. The fraction of sp³-hybridized carbons (Fsp3) is 0.381. The van der Waals surface area contributed by atoms with Gasteiger partial charge in [0.15, 0.2) is 9.84 Å². The smallest absolute Gasteiger partial charge is 0.339 e. The highest BCUT2D eigenvalue weighted by molar-refractivity contribution is 7.91. The number of sulfone groups is 1. The molecule has 0 spiro atoms. The van der Waals surface area contributed by atoms with Crippen LogP contribution in [-0.4, -0.2) is 32.4 Å². The number of hydrogen-bond donors (Lipinski definition) is 1. The van der Waals surface area contributed by atoms with Crippen molar-refractivity contribution in [2.75, 3.05) is 12.9 Å². The number of rotatable bonds is 10. The summed E-state index contributed by atoms with van der Waals surface area (Å²) in [6.45, 7) is 0. The Kier molecular flexibility index (Phi) is 8.48. The van der Waals surface area contributed by atoms with Gasteiger partial charge in [-0.3, -0.25) is 0 Å². The van der Waals surface area contributed by atoms with Gasteiger partial charge in [-0.25, -0.2) is 13.2 Å². The van der Waals surface area contributed by atoms with E-state index in [9.17, 15) is 18.3 Å². The Morgan fingerprint density at radius 2 is 1.68 bits per heavy atom. The molecule has 0 aliphatic rings. The van der Waals surface area contributed by atoms with Crippen LogP contribution in [0.1, 0.15) is 54.1 Å². The number of aliphatic hydroxyl groups excluding tert-OH is 1. The summed E-state index contributed by atoms with van der Waals surface area (Å²) in [5, 5.41) is 10.8. The maximum atomic E-state index is 12.6. The van der Waals surface area contributed by atoms with Crippen molar-refractivity contribution in [2.45, 2.75) is 43.1 Å². The second kappa shape index (κ2) is 10.6. The number of halogens is 1. The van der Waals surface area contributed by atoms with Crippen LogP contribution >= 0.6 is 11.6 Å². The summed E-state index contributed by atoms with van der Waals surface area (Å²) < 4.78 is 29.8. The molecule has 0 fully saturated rings. The molecule has 0 aromatic heterocycles. The molecule has 0 aliphatic carbocycles. The van der Waals surface area contributed by atoms with E-state index >= 15 is 0 Å². The molecule has 0 amide bonds. The van der Waals surface area contributed by atoms with Gasteiger partial charge in [0.25, 0.3) is 0 Å². The Morgan fingerprint density at radius 1 is 1.04 bits per heavy atom. The van der Waals surface area contributed by atoms with Crippen molar-refractivity contribution in [3.8, 4) is 0 Å². The standard InChI is InChI=1S/C21H25ClO5S/c1-27-21(24)18-8-5-6-10-20(18)28(25,26)15-7-3-2-4-9-19(23)16-11-13-17(22)14-12-16/h5-6,8,10-14,19,23H,2-4,7,9,15H2,1H3. The molecule has 0 radical (unpaired) electrons. The van der Waals surface area contributed by atoms with Gasteiger partial charge in [0.2, 0.25) is 0 Å². The van der Waals surface area contributed by atoms with Crippen LogP contribution in [0.15, 0.2) is 53.4 Å². The van der Waals surface area contributed by atoms with Crippen LogP contribution in [0, 0.1) is 0 Å². The number of carbonyl (C=O) groups is 1. The average Bonchev–Trinajstić information content (AvgIpc) is 2.70. The van der Waals surface area contributed by atoms with E-state index < -0.39 is 21.9 Å². The minimum absolute atomic E-state index is 0.0139. The molecule has 0 aliphatic heterocycles. The largest absolute Gasteiger partial charge is 0.465 e. The van der Waals surface area contributed by atoms with Gasteiger partial charge >= 0.3 is 5.97 Å². The summed E-state index contributed by atoms with van der Waals surface area (Å²) >= 11 is 5.84. The van der Waals surface area contributed by atoms with Gasteiger partial charge in [0.1, 0.15) is 0 Å². The Labute approximate surface area is 171 Å². The topological polar surface area (TPSA) is 80.7 Å². The first kappa shape index (κ1) is 22.4. The quantitative estimate of drug-likeness (QED) is 0.445. The minimum Gasteiger partial charge on any atom is -0.465 e. The number of unbranched alkanes of at least 4 members (excludes halogenated alkanes) is 3. The monoisotopic (exact) mass is 424 g/mol. The molecule has 1 unspecified atom stereocenters. The second-order valence-electron chi connectivity index (χ2n) is 6.58. The Balaban J connectivity index is 1.79. The minimum atomic E-state index is -3.56. The molecule has 5 nitrogen and oxygen atoms in total. The average molecular weight is 425 g/mol. The fourth-order valence-electron chi connectivity index (χ4n) is 2.96. The summed E-state index contributed by atoms with van der Waals surface area (Å²) in [5.41, 5.74) is 0.891. The van der Waals surface area contributed by atoms with Gasteiger partial charge in [0, 0.05) is 5.02 Å². The van der Waals surface area contributed by atoms with E-state index in [0.29, 0.717) is 17.9 Å². The van der Waals surface area contributed by atoms with Crippen molar-refractivity contribution in [1.29, 1.82) is 0 Å². The van der Waals surface area contributed by atoms with Crippen LogP contribution in [0.3, 0.4) is 0 Å². The van der Waals surface area contributed by atoms with Gasteiger partial charge in [-0.15, -0.1) is 0 Å². The third kappa shape index (κ3) is 6.33. The molecule has 0 bridgehead atoms. The highest BCUT2D eigenvalue weighted by Gasteiger charge is 2.22. The van der Waals surface area contributed by atoms with Crippen LogP contribution < -0.4 is 0 Å². The summed E-state index contributed by atoms with van der Waals surface area (Å²) in [5.74, 6) is -0.684. The first-order chi connectivity index (χ1) is 13.3. The lowest BCUT2D eigenvalue weighted by Gasteiger charge is -2.11. The summed E-state index contributed by atoms with van der Waals surface area (Å²) in [7, 11) is -2.33. The molecule has 152 valence electrons. The van der Waals surface area contributed by atoms with Crippen molar-refractivity contribution in [1.82, 2.24) is 0 Å². The molecule has 2 aromatic rings. The first-order valence-electron chi connectivity index (χ1n) is 9.19. The van der Waals surface area contributed by atoms with Crippen molar-refractivity contribution in [2.24, 2.45) is 0 Å². The van der Waals surface area contributed by atoms with Crippen LogP contribution in [0.25, 0.3) is 0 Å². The van der Waals surface area contributed by atoms with Gasteiger partial charge in [-0.1, -0.05) is 55.1 Å². The van der Waals surface area contributed by atoms with Crippen molar-refractivity contribution < 1.29 is 23.1 Å². The lowest BCUT2D eigenvalue weighted by molar-refractivity contribution is 0.0596. The zero-order valence-electron chi connectivity index (χ0n) is 15.8. The number of carbonyl (C=O) groups excluding carboxylic acids is 1. The van der Waals surface area contributed by atoms with Crippen molar-refractivity contribution >= 4 is 27.4 Å². The third-order valence-electron chi connectivity index (χ3n) is 4.52. The summed E-state index contributed by atoms with van der Waals surface area (Å²) in [6.07, 6.45) is 2.90. The molecule has 1 atom stereocenters. The number of ether oxygens (including phenoxy) is 1. The number of benzene rings is 2. The molecule has 0 saturated carbocycles. The van der Waals surface area contributed by atoms with E-state index in [0.717, 1.165) is 24.8 Å².